The summed E-state index contributed by atoms with van der Waals surface area (Å²) in [7, 11) is 0. The Morgan fingerprint density at radius 2 is 1.74 bits per heavy atom. The summed E-state index contributed by atoms with van der Waals surface area (Å²) in [4.78, 5) is 15.8. The van der Waals surface area contributed by atoms with Crippen LogP contribution in [0.1, 0.15) is 10.4 Å². The second kappa shape index (κ2) is 6.02. The summed E-state index contributed by atoms with van der Waals surface area (Å²) >= 11 is 10.1. The number of hydrogen-bond acceptors (Lipinski definition) is 3. The first-order valence-electron chi connectivity index (χ1n) is 5.07. The van der Waals surface area contributed by atoms with Crippen LogP contribution in [0.5, 0.6) is 5.75 Å². The largest absolute Gasteiger partial charge is 0.506 e. The number of nitrogens with one attached hydrogen (secondary N) is 1. The smallest absolute Gasteiger partial charge is 0.257 e. The van der Waals surface area contributed by atoms with E-state index in [4.69, 9.17) is 0 Å². The fourth-order valence-electron chi connectivity index (χ4n) is 1.40. The molecule has 1 amide bonds. The number of carbonyl (C=O) groups excluding carboxylic acids is 1. The van der Waals surface area contributed by atoms with Gasteiger partial charge in [0, 0.05) is 19.6 Å². The molecular formula is C12H7Br3N2O2. The maximum atomic E-state index is 12.0. The first-order valence-corrected chi connectivity index (χ1v) is 7.45. The Morgan fingerprint density at radius 3 is 2.32 bits per heavy atom. The van der Waals surface area contributed by atoms with Gasteiger partial charge in [-0.1, -0.05) is 15.9 Å². The number of halogens is 3. The monoisotopic (exact) mass is 448 g/mol. The standard InChI is InChI=1S/C12H7Br3N2O2/c13-7-2-9(14)11(10(15)3-7)17-12(19)6-1-8(18)5-16-4-6/h1-5,18H,(H,17,19). The number of benzene rings is 1. The van der Waals surface area contributed by atoms with Gasteiger partial charge in [0.05, 0.1) is 17.4 Å². The number of pyridine rings is 1. The first-order chi connectivity index (χ1) is 8.97. The van der Waals surface area contributed by atoms with E-state index in [-0.39, 0.29) is 17.2 Å². The summed E-state index contributed by atoms with van der Waals surface area (Å²) in [5, 5.41) is 12.1. The summed E-state index contributed by atoms with van der Waals surface area (Å²) in [6.45, 7) is 0. The van der Waals surface area contributed by atoms with Crippen molar-refractivity contribution in [3.63, 3.8) is 0 Å². The molecule has 0 aliphatic carbocycles. The molecule has 0 bridgehead atoms. The molecule has 0 spiro atoms. The molecule has 0 unspecified atom stereocenters. The van der Waals surface area contributed by atoms with Crippen molar-refractivity contribution < 1.29 is 9.90 Å². The number of aromatic nitrogens is 1. The Bertz CT molecular complexity index is 624. The van der Waals surface area contributed by atoms with Gasteiger partial charge in [-0.05, 0) is 50.1 Å². The molecule has 0 saturated carbocycles. The minimum Gasteiger partial charge on any atom is -0.506 e. The van der Waals surface area contributed by atoms with Gasteiger partial charge in [0.25, 0.3) is 5.91 Å². The van der Waals surface area contributed by atoms with E-state index < -0.39 is 0 Å². The third-order valence-corrected chi connectivity index (χ3v) is 3.94. The molecule has 0 fully saturated rings. The maximum Gasteiger partial charge on any atom is 0.257 e. The van der Waals surface area contributed by atoms with Crippen LogP contribution in [0.2, 0.25) is 0 Å². The van der Waals surface area contributed by atoms with Crippen LogP contribution in [0.3, 0.4) is 0 Å². The van der Waals surface area contributed by atoms with E-state index in [0.29, 0.717) is 5.69 Å². The highest BCUT2D eigenvalue weighted by Crippen LogP contribution is 2.34. The lowest BCUT2D eigenvalue weighted by Crippen LogP contribution is -2.13. The van der Waals surface area contributed by atoms with Crippen molar-refractivity contribution in [3.05, 3.63) is 49.6 Å². The molecule has 0 aliphatic heterocycles. The molecule has 1 aromatic heterocycles. The number of hydrogen-bond donors (Lipinski definition) is 2. The van der Waals surface area contributed by atoms with E-state index in [1.165, 1.54) is 18.5 Å². The van der Waals surface area contributed by atoms with E-state index in [1.54, 1.807) is 0 Å². The Balaban J connectivity index is 2.29. The molecule has 2 rings (SSSR count). The van der Waals surface area contributed by atoms with Gasteiger partial charge in [-0.15, -0.1) is 0 Å². The van der Waals surface area contributed by atoms with Crippen LogP contribution in [0.15, 0.2) is 44.0 Å². The molecule has 0 aliphatic rings. The zero-order valence-electron chi connectivity index (χ0n) is 9.32. The van der Waals surface area contributed by atoms with Gasteiger partial charge in [0.1, 0.15) is 5.75 Å². The quantitative estimate of drug-likeness (QED) is 0.716. The van der Waals surface area contributed by atoms with E-state index in [0.717, 1.165) is 13.4 Å². The molecule has 0 atom stereocenters. The average Bonchev–Trinajstić information content (AvgIpc) is 2.33. The van der Waals surface area contributed by atoms with Gasteiger partial charge in [-0.3, -0.25) is 9.78 Å². The third kappa shape index (κ3) is 3.55. The first kappa shape index (κ1) is 14.5. The summed E-state index contributed by atoms with van der Waals surface area (Å²) in [6, 6.07) is 4.99. The number of rotatable bonds is 2. The average molecular weight is 451 g/mol. The Morgan fingerprint density at radius 1 is 1.11 bits per heavy atom. The molecule has 4 nitrogen and oxygen atoms in total. The van der Waals surface area contributed by atoms with E-state index in [2.05, 4.69) is 58.1 Å². The van der Waals surface area contributed by atoms with Crippen molar-refractivity contribution in [2.45, 2.75) is 0 Å². The molecule has 19 heavy (non-hydrogen) atoms. The molecule has 98 valence electrons. The lowest BCUT2D eigenvalue weighted by molar-refractivity contribution is 0.102. The normalized spacial score (nSPS) is 10.3. The van der Waals surface area contributed by atoms with Crippen LogP contribution < -0.4 is 5.32 Å². The number of carbonyl (C=O) groups is 1. The summed E-state index contributed by atoms with van der Waals surface area (Å²) < 4.78 is 2.34. The van der Waals surface area contributed by atoms with Crippen LogP contribution in [0, 0.1) is 0 Å². The molecular weight excluding hydrogens is 444 g/mol. The van der Waals surface area contributed by atoms with Crippen molar-refractivity contribution in [3.8, 4) is 5.75 Å². The second-order valence-electron chi connectivity index (χ2n) is 3.63. The summed E-state index contributed by atoms with van der Waals surface area (Å²) in [5.74, 6) is -0.409. The van der Waals surface area contributed by atoms with Gasteiger partial charge in [-0.2, -0.15) is 0 Å². The van der Waals surface area contributed by atoms with Crippen LogP contribution >= 0.6 is 47.8 Å². The van der Waals surface area contributed by atoms with Crippen molar-refractivity contribution in [1.29, 1.82) is 0 Å². The number of amides is 1. The van der Waals surface area contributed by atoms with Crippen molar-refractivity contribution in [1.82, 2.24) is 4.98 Å². The highest BCUT2D eigenvalue weighted by atomic mass is 79.9. The van der Waals surface area contributed by atoms with Gasteiger partial charge in [0.15, 0.2) is 0 Å². The third-order valence-electron chi connectivity index (χ3n) is 2.23. The fraction of sp³-hybridized carbons (Fsp3) is 0. The van der Waals surface area contributed by atoms with Crippen LogP contribution in [0.4, 0.5) is 5.69 Å². The highest BCUT2D eigenvalue weighted by molar-refractivity contribution is 9.11. The Kier molecular flexibility index (Phi) is 4.59. The van der Waals surface area contributed by atoms with Crippen molar-refractivity contribution in [2.75, 3.05) is 5.32 Å². The van der Waals surface area contributed by atoms with E-state index in [1.807, 2.05) is 12.1 Å². The predicted octanol–water partition coefficient (Wildman–Crippen LogP) is 4.33. The Hall–Kier alpha value is -0.920. The van der Waals surface area contributed by atoms with E-state index in [9.17, 15) is 9.90 Å². The molecule has 2 aromatic rings. The molecule has 7 heteroatoms. The van der Waals surface area contributed by atoms with Crippen LogP contribution in [-0.2, 0) is 0 Å². The van der Waals surface area contributed by atoms with Gasteiger partial charge < -0.3 is 10.4 Å². The fourth-order valence-corrected chi connectivity index (χ4v) is 3.86. The Labute approximate surface area is 134 Å². The van der Waals surface area contributed by atoms with Gasteiger partial charge >= 0.3 is 0 Å². The van der Waals surface area contributed by atoms with Crippen LogP contribution in [-0.4, -0.2) is 16.0 Å². The molecule has 0 radical (unpaired) electrons. The minimum absolute atomic E-state index is 0.0541. The molecule has 2 N–H and O–H groups in total. The zero-order valence-corrected chi connectivity index (χ0v) is 14.1. The van der Waals surface area contributed by atoms with E-state index >= 15 is 0 Å². The lowest BCUT2D eigenvalue weighted by atomic mass is 10.2. The SMILES string of the molecule is O=C(Nc1c(Br)cc(Br)cc1Br)c1cncc(O)c1. The maximum absolute atomic E-state index is 12.0. The van der Waals surface area contributed by atoms with Crippen molar-refractivity contribution in [2.24, 2.45) is 0 Å². The second-order valence-corrected chi connectivity index (χ2v) is 6.25. The predicted molar refractivity (Wildman–Crippen MR) is 83.4 cm³/mol. The van der Waals surface area contributed by atoms with Crippen LogP contribution in [0.25, 0.3) is 0 Å². The van der Waals surface area contributed by atoms with Gasteiger partial charge in [0.2, 0.25) is 0 Å². The zero-order chi connectivity index (χ0) is 14.0. The number of nitrogens with zero attached hydrogens (tertiary/aromatic N) is 1. The minimum atomic E-state index is -0.355. The summed E-state index contributed by atoms with van der Waals surface area (Å²) in [6.07, 6.45) is 2.65. The molecule has 1 heterocycles. The van der Waals surface area contributed by atoms with Crippen molar-refractivity contribution >= 4 is 59.4 Å². The number of aromatic hydroxyl groups is 1. The summed E-state index contributed by atoms with van der Waals surface area (Å²) in [5.41, 5.74) is 0.887. The topological polar surface area (TPSA) is 62.2 Å². The van der Waals surface area contributed by atoms with Gasteiger partial charge in [-0.25, -0.2) is 0 Å². The lowest BCUT2D eigenvalue weighted by Gasteiger charge is -2.10. The molecule has 1 aromatic carbocycles. The number of anilines is 1. The molecule has 0 saturated heterocycles. The highest BCUT2D eigenvalue weighted by Gasteiger charge is 2.12.